The van der Waals surface area contributed by atoms with E-state index in [9.17, 15) is 13.2 Å². The molecule has 0 spiro atoms. The average molecular weight is 338 g/mol. The largest absolute Gasteiger partial charge is 0.337 e. The minimum atomic E-state index is -3.26. The van der Waals surface area contributed by atoms with Crippen LogP contribution in [-0.2, 0) is 16.4 Å². The third-order valence-electron chi connectivity index (χ3n) is 3.18. The molecule has 2 aromatic rings. The van der Waals surface area contributed by atoms with Crippen molar-refractivity contribution in [3.8, 4) is 0 Å². The maximum atomic E-state index is 12.3. The summed E-state index contributed by atoms with van der Waals surface area (Å²) in [6.45, 7) is 0.424. The molecule has 6 heteroatoms. The van der Waals surface area contributed by atoms with E-state index in [1.54, 1.807) is 24.1 Å². The smallest absolute Gasteiger partial charge is 0.253 e. The van der Waals surface area contributed by atoms with Crippen LogP contribution in [0.1, 0.15) is 15.9 Å². The Labute approximate surface area is 135 Å². The van der Waals surface area contributed by atoms with Crippen molar-refractivity contribution < 1.29 is 13.2 Å². The third-order valence-corrected chi connectivity index (χ3v) is 4.55. The molecular formula is C16H16ClNO3S. The minimum absolute atomic E-state index is 0.181. The average Bonchev–Trinajstić information content (AvgIpc) is 2.45. The topological polar surface area (TPSA) is 54.5 Å². The molecule has 116 valence electrons. The van der Waals surface area contributed by atoms with Crippen molar-refractivity contribution in [2.45, 2.75) is 11.4 Å². The van der Waals surface area contributed by atoms with Gasteiger partial charge in [0.2, 0.25) is 0 Å². The van der Waals surface area contributed by atoms with Crippen molar-refractivity contribution in [1.82, 2.24) is 4.90 Å². The molecule has 0 aliphatic rings. The molecule has 0 atom stereocenters. The van der Waals surface area contributed by atoms with Gasteiger partial charge in [0, 0.05) is 30.4 Å². The van der Waals surface area contributed by atoms with Crippen LogP contribution in [0.5, 0.6) is 0 Å². The van der Waals surface area contributed by atoms with Crippen molar-refractivity contribution in [3.05, 3.63) is 64.7 Å². The predicted octanol–water partition coefficient (Wildman–Crippen LogP) is 3.02. The van der Waals surface area contributed by atoms with Crippen molar-refractivity contribution >= 4 is 27.3 Å². The second-order valence-corrected chi connectivity index (χ2v) is 7.54. The van der Waals surface area contributed by atoms with Crippen LogP contribution in [0.25, 0.3) is 0 Å². The lowest BCUT2D eigenvalue weighted by Gasteiger charge is -2.17. The van der Waals surface area contributed by atoms with E-state index in [2.05, 4.69) is 0 Å². The van der Waals surface area contributed by atoms with Gasteiger partial charge >= 0.3 is 0 Å². The molecule has 1 amide bonds. The molecule has 0 radical (unpaired) electrons. The van der Waals surface area contributed by atoms with Gasteiger partial charge in [-0.2, -0.15) is 0 Å². The summed E-state index contributed by atoms with van der Waals surface area (Å²) >= 11 is 5.92. The number of carbonyl (C=O) groups is 1. The second kappa shape index (κ2) is 6.50. The molecule has 0 saturated heterocycles. The summed E-state index contributed by atoms with van der Waals surface area (Å²) in [7, 11) is -1.57. The fraction of sp³-hybridized carbons (Fsp3) is 0.188. The molecule has 0 heterocycles. The summed E-state index contributed by atoms with van der Waals surface area (Å²) < 4.78 is 22.8. The molecular weight excluding hydrogens is 322 g/mol. The lowest BCUT2D eigenvalue weighted by atomic mass is 10.1. The van der Waals surface area contributed by atoms with E-state index >= 15 is 0 Å². The quantitative estimate of drug-likeness (QED) is 0.861. The first-order valence-electron chi connectivity index (χ1n) is 6.57. The van der Waals surface area contributed by atoms with Gasteiger partial charge in [0.15, 0.2) is 9.84 Å². The van der Waals surface area contributed by atoms with Gasteiger partial charge in [-0.25, -0.2) is 8.42 Å². The Bertz CT molecular complexity index is 785. The van der Waals surface area contributed by atoms with E-state index in [1.165, 1.54) is 24.3 Å². The normalized spacial score (nSPS) is 11.2. The van der Waals surface area contributed by atoms with E-state index in [4.69, 9.17) is 11.6 Å². The molecule has 2 rings (SSSR count). The van der Waals surface area contributed by atoms with E-state index in [-0.39, 0.29) is 10.8 Å². The Morgan fingerprint density at radius 3 is 2.32 bits per heavy atom. The molecule has 0 N–H and O–H groups in total. The zero-order chi connectivity index (χ0) is 16.3. The van der Waals surface area contributed by atoms with E-state index in [0.29, 0.717) is 17.1 Å². The lowest BCUT2D eigenvalue weighted by molar-refractivity contribution is 0.0785. The summed E-state index contributed by atoms with van der Waals surface area (Å²) in [5, 5.41) is 0.621. The molecule has 0 bridgehead atoms. The van der Waals surface area contributed by atoms with Gasteiger partial charge in [0.05, 0.1) is 4.90 Å². The highest BCUT2D eigenvalue weighted by molar-refractivity contribution is 7.90. The zero-order valence-electron chi connectivity index (χ0n) is 12.3. The van der Waals surface area contributed by atoms with Crippen molar-refractivity contribution in [3.63, 3.8) is 0 Å². The van der Waals surface area contributed by atoms with Crippen molar-refractivity contribution in [1.29, 1.82) is 0 Å². The highest BCUT2D eigenvalue weighted by Crippen LogP contribution is 2.15. The van der Waals surface area contributed by atoms with Crippen LogP contribution in [-0.4, -0.2) is 32.5 Å². The number of sulfone groups is 1. The Morgan fingerprint density at radius 2 is 1.77 bits per heavy atom. The molecule has 0 saturated carbocycles. The van der Waals surface area contributed by atoms with E-state index in [0.717, 1.165) is 11.8 Å². The Kier molecular flexibility index (Phi) is 4.88. The maximum absolute atomic E-state index is 12.3. The molecule has 0 aliphatic heterocycles. The van der Waals surface area contributed by atoms with Gasteiger partial charge in [0.1, 0.15) is 0 Å². The number of halogens is 1. The van der Waals surface area contributed by atoms with Gasteiger partial charge in [-0.1, -0.05) is 23.7 Å². The monoisotopic (exact) mass is 337 g/mol. The fourth-order valence-electron chi connectivity index (χ4n) is 2.05. The van der Waals surface area contributed by atoms with Gasteiger partial charge in [-0.3, -0.25) is 4.79 Å². The zero-order valence-corrected chi connectivity index (χ0v) is 13.9. The van der Waals surface area contributed by atoms with Gasteiger partial charge < -0.3 is 4.90 Å². The first-order valence-corrected chi connectivity index (χ1v) is 8.84. The highest BCUT2D eigenvalue weighted by atomic mass is 35.5. The molecule has 0 aliphatic carbocycles. The number of amides is 1. The number of benzene rings is 2. The molecule has 0 aromatic heterocycles. The number of nitrogens with zero attached hydrogens (tertiary/aromatic N) is 1. The minimum Gasteiger partial charge on any atom is -0.337 e. The van der Waals surface area contributed by atoms with Crippen LogP contribution in [0.2, 0.25) is 5.02 Å². The highest BCUT2D eigenvalue weighted by Gasteiger charge is 2.14. The van der Waals surface area contributed by atoms with E-state index < -0.39 is 9.84 Å². The van der Waals surface area contributed by atoms with Crippen LogP contribution in [0.3, 0.4) is 0 Å². The second-order valence-electron chi connectivity index (χ2n) is 5.09. The summed E-state index contributed by atoms with van der Waals surface area (Å²) in [5.74, 6) is -0.181. The number of rotatable bonds is 4. The van der Waals surface area contributed by atoms with Crippen LogP contribution < -0.4 is 0 Å². The Balaban J connectivity index is 2.14. The van der Waals surface area contributed by atoms with Gasteiger partial charge in [0.25, 0.3) is 5.91 Å². The third kappa shape index (κ3) is 4.08. The first-order chi connectivity index (χ1) is 10.3. The standard InChI is InChI=1S/C16H16ClNO3S/c1-18(11-12-4-3-5-14(17)10-12)16(19)13-6-8-15(9-7-13)22(2,20)21/h3-10H,11H2,1-2H3. The Hall–Kier alpha value is -1.85. The fourth-order valence-corrected chi connectivity index (χ4v) is 2.89. The van der Waals surface area contributed by atoms with Gasteiger partial charge in [-0.05, 0) is 42.0 Å². The molecule has 0 unspecified atom stereocenters. The molecule has 22 heavy (non-hydrogen) atoms. The predicted molar refractivity (Wildman–Crippen MR) is 86.8 cm³/mol. The summed E-state index contributed by atoms with van der Waals surface area (Å²) in [6, 6.07) is 13.2. The number of hydrogen-bond acceptors (Lipinski definition) is 3. The van der Waals surface area contributed by atoms with Crippen LogP contribution in [0.15, 0.2) is 53.4 Å². The van der Waals surface area contributed by atoms with E-state index in [1.807, 2.05) is 12.1 Å². The number of carbonyl (C=O) groups excluding carboxylic acids is 1. The summed E-state index contributed by atoms with van der Waals surface area (Å²) in [4.78, 5) is 14.1. The summed E-state index contributed by atoms with van der Waals surface area (Å²) in [5.41, 5.74) is 1.37. The lowest BCUT2D eigenvalue weighted by Crippen LogP contribution is -2.26. The summed E-state index contributed by atoms with van der Waals surface area (Å²) in [6.07, 6.45) is 1.13. The maximum Gasteiger partial charge on any atom is 0.253 e. The van der Waals surface area contributed by atoms with Crippen LogP contribution >= 0.6 is 11.6 Å². The van der Waals surface area contributed by atoms with Crippen molar-refractivity contribution in [2.75, 3.05) is 13.3 Å². The van der Waals surface area contributed by atoms with Crippen LogP contribution in [0.4, 0.5) is 0 Å². The SMILES string of the molecule is CN(Cc1cccc(Cl)c1)C(=O)c1ccc(S(C)(=O)=O)cc1. The van der Waals surface area contributed by atoms with Gasteiger partial charge in [-0.15, -0.1) is 0 Å². The van der Waals surface area contributed by atoms with Crippen molar-refractivity contribution in [2.24, 2.45) is 0 Å². The molecule has 2 aromatic carbocycles. The Morgan fingerprint density at radius 1 is 1.14 bits per heavy atom. The molecule has 4 nitrogen and oxygen atoms in total. The first kappa shape index (κ1) is 16.5. The molecule has 0 fully saturated rings. The number of hydrogen-bond donors (Lipinski definition) is 0. The van der Waals surface area contributed by atoms with Crippen LogP contribution in [0, 0.1) is 0 Å².